The lowest BCUT2D eigenvalue weighted by Gasteiger charge is -2.09. The van der Waals surface area contributed by atoms with Crippen molar-refractivity contribution >= 4 is 43.9 Å². The van der Waals surface area contributed by atoms with Gasteiger partial charge in [-0.2, -0.15) is 0 Å². The summed E-state index contributed by atoms with van der Waals surface area (Å²) in [5.74, 6) is 0.110. The first-order chi connectivity index (χ1) is 8.81. The second kappa shape index (κ2) is 5.35. The van der Waals surface area contributed by atoms with E-state index < -0.39 is 9.84 Å². The number of hydrogen-bond donors (Lipinski definition) is 0. The number of halogens is 2. The lowest BCUT2D eigenvalue weighted by atomic mass is 10.2. The molecule has 2 rings (SSSR count). The third-order valence-electron chi connectivity index (χ3n) is 3.14. The molecule has 0 spiro atoms. The number of fused-ring (bicyclic) bond motifs is 1. The van der Waals surface area contributed by atoms with Crippen molar-refractivity contribution in [1.29, 1.82) is 0 Å². The molecule has 1 heterocycles. The third kappa shape index (κ3) is 3.07. The highest BCUT2D eigenvalue weighted by molar-refractivity contribution is 7.91. The van der Waals surface area contributed by atoms with Crippen molar-refractivity contribution in [2.24, 2.45) is 0 Å². The second-order valence-electron chi connectivity index (χ2n) is 4.75. The molecule has 1 aromatic heterocycles. The van der Waals surface area contributed by atoms with Crippen LogP contribution in [0.5, 0.6) is 0 Å². The molecule has 104 valence electrons. The fraction of sp³-hybridized carbons (Fsp3) is 0.385. The molecule has 1 aromatic carbocycles. The molecule has 0 unspecified atom stereocenters. The predicted octanol–water partition coefficient (Wildman–Crippen LogP) is 3.77. The van der Waals surface area contributed by atoms with E-state index in [0.29, 0.717) is 16.6 Å². The summed E-state index contributed by atoms with van der Waals surface area (Å²) in [4.78, 5) is 0. The first kappa shape index (κ1) is 14.7. The molecule has 0 aliphatic carbocycles. The molecule has 3 nitrogen and oxygen atoms in total. The SMILES string of the molecule is CC(C)S(=O)(=O)CCn1ccc2c(Cl)cc(Cl)cc21. The van der Waals surface area contributed by atoms with Gasteiger partial charge in [0.05, 0.1) is 21.5 Å². The van der Waals surface area contributed by atoms with Gasteiger partial charge in [-0.25, -0.2) is 8.42 Å². The first-order valence-electron chi connectivity index (χ1n) is 5.97. The zero-order valence-corrected chi connectivity index (χ0v) is 13.1. The summed E-state index contributed by atoms with van der Waals surface area (Å²) in [5.41, 5.74) is 0.858. The minimum atomic E-state index is -3.05. The molecule has 6 heteroatoms. The number of aromatic nitrogens is 1. The number of rotatable bonds is 4. The quantitative estimate of drug-likeness (QED) is 0.860. The van der Waals surface area contributed by atoms with Crippen LogP contribution in [0.15, 0.2) is 24.4 Å². The second-order valence-corrected chi connectivity index (χ2v) is 8.27. The number of aryl methyl sites for hydroxylation is 1. The number of hydrogen-bond acceptors (Lipinski definition) is 2. The van der Waals surface area contributed by atoms with E-state index in [4.69, 9.17) is 23.2 Å². The van der Waals surface area contributed by atoms with Crippen LogP contribution in [0.3, 0.4) is 0 Å². The van der Waals surface area contributed by atoms with Gasteiger partial charge < -0.3 is 4.57 Å². The Kier molecular flexibility index (Phi) is 4.14. The first-order valence-corrected chi connectivity index (χ1v) is 8.44. The molecule has 0 atom stereocenters. The molecule has 0 saturated carbocycles. The topological polar surface area (TPSA) is 39.1 Å². The van der Waals surface area contributed by atoms with E-state index in [1.165, 1.54) is 0 Å². The molecule has 0 bridgehead atoms. The van der Waals surface area contributed by atoms with Gasteiger partial charge in [-0.05, 0) is 32.0 Å². The molecule has 0 radical (unpaired) electrons. The minimum Gasteiger partial charge on any atom is -0.346 e. The van der Waals surface area contributed by atoms with Gasteiger partial charge in [-0.1, -0.05) is 23.2 Å². The van der Waals surface area contributed by atoms with Crippen molar-refractivity contribution in [2.45, 2.75) is 25.6 Å². The lowest BCUT2D eigenvalue weighted by Crippen LogP contribution is -2.20. The summed E-state index contributed by atoms with van der Waals surface area (Å²) in [6.45, 7) is 3.79. The molecular weight excluding hydrogens is 305 g/mol. The molecule has 0 aliphatic rings. The van der Waals surface area contributed by atoms with Crippen LogP contribution in [-0.2, 0) is 16.4 Å². The summed E-state index contributed by atoms with van der Waals surface area (Å²) in [7, 11) is -3.05. The van der Waals surface area contributed by atoms with Crippen LogP contribution in [-0.4, -0.2) is 24.0 Å². The molecule has 0 aliphatic heterocycles. The van der Waals surface area contributed by atoms with Gasteiger partial charge in [0.1, 0.15) is 0 Å². The Hall–Kier alpha value is -0.710. The highest BCUT2D eigenvalue weighted by Crippen LogP contribution is 2.28. The standard InChI is InChI=1S/C13H15Cl2NO2S/c1-9(2)19(17,18)6-5-16-4-3-11-12(15)7-10(14)8-13(11)16/h3-4,7-9H,5-6H2,1-2H3. The number of benzene rings is 1. The molecule has 19 heavy (non-hydrogen) atoms. The van der Waals surface area contributed by atoms with Crippen molar-refractivity contribution < 1.29 is 8.42 Å². The predicted molar refractivity (Wildman–Crippen MR) is 80.9 cm³/mol. The Morgan fingerprint density at radius 3 is 2.58 bits per heavy atom. The van der Waals surface area contributed by atoms with Gasteiger partial charge in [0.2, 0.25) is 0 Å². The van der Waals surface area contributed by atoms with E-state index in [0.717, 1.165) is 10.9 Å². The highest BCUT2D eigenvalue weighted by atomic mass is 35.5. The van der Waals surface area contributed by atoms with E-state index in [1.54, 1.807) is 26.0 Å². The third-order valence-corrected chi connectivity index (χ3v) is 5.86. The average molecular weight is 320 g/mol. The molecule has 0 amide bonds. The van der Waals surface area contributed by atoms with Crippen LogP contribution in [0.2, 0.25) is 10.0 Å². The van der Waals surface area contributed by atoms with Gasteiger partial charge in [0.15, 0.2) is 9.84 Å². The van der Waals surface area contributed by atoms with Crippen molar-refractivity contribution in [2.75, 3.05) is 5.75 Å². The van der Waals surface area contributed by atoms with Crippen LogP contribution in [0.1, 0.15) is 13.8 Å². The number of sulfone groups is 1. The zero-order valence-electron chi connectivity index (χ0n) is 10.7. The Balaban J connectivity index is 2.32. The van der Waals surface area contributed by atoms with Crippen LogP contribution in [0.4, 0.5) is 0 Å². The highest BCUT2D eigenvalue weighted by Gasteiger charge is 2.16. The summed E-state index contributed by atoms with van der Waals surface area (Å²) >= 11 is 12.1. The molecule has 2 aromatic rings. The summed E-state index contributed by atoms with van der Waals surface area (Å²) in [6.07, 6.45) is 1.84. The molecule has 0 saturated heterocycles. The Bertz CT molecular complexity index is 705. The maximum Gasteiger partial charge on any atom is 0.154 e. The van der Waals surface area contributed by atoms with Crippen molar-refractivity contribution in [3.8, 4) is 0 Å². The van der Waals surface area contributed by atoms with Crippen LogP contribution < -0.4 is 0 Å². The monoisotopic (exact) mass is 319 g/mol. The number of nitrogens with zero attached hydrogens (tertiary/aromatic N) is 1. The van der Waals surface area contributed by atoms with Gasteiger partial charge in [-0.15, -0.1) is 0 Å². The van der Waals surface area contributed by atoms with Crippen molar-refractivity contribution in [3.63, 3.8) is 0 Å². The Morgan fingerprint density at radius 2 is 1.95 bits per heavy atom. The van der Waals surface area contributed by atoms with Gasteiger partial charge in [0, 0.05) is 23.2 Å². The summed E-state index contributed by atoms with van der Waals surface area (Å²) < 4.78 is 25.5. The van der Waals surface area contributed by atoms with Gasteiger partial charge in [0.25, 0.3) is 0 Å². The average Bonchev–Trinajstić information content (AvgIpc) is 2.69. The fourth-order valence-corrected chi connectivity index (χ4v) is 3.34. The van der Waals surface area contributed by atoms with Crippen molar-refractivity contribution in [1.82, 2.24) is 4.57 Å². The van der Waals surface area contributed by atoms with E-state index in [1.807, 2.05) is 16.8 Å². The maximum absolute atomic E-state index is 11.8. The largest absolute Gasteiger partial charge is 0.346 e. The van der Waals surface area contributed by atoms with E-state index in [-0.39, 0.29) is 11.0 Å². The molecule has 0 N–H and O–H groups in total. The van der Waals surface area contributed by atoms with E-state index in [2.05, 4.69) is 0 Å². The normalized spacial score (nSPS) is 12.5. The van der Waals surface area contributed by atoms with E-state index in [9.17, 15) is 8.42 Å². The smallest absolute Gasteiger partial charge is 0.154 e. The van der Waals surface area contributed by atoms with Crippen LogP contribution in [0, 0.1) is 0 Å². The Labute approximate surface area is 123 Å². The summed E-state index contributed by atoms with van der Waals surface area (Å²) in [6, 6.07) is 5.35. The van der Waals surface area contributed by atoms with Gasteiger partial charge in [-0.3, -0.25) is 0 Å². The van der Waals surface area contributed by atoms with Crippen LogP contribution in [0.25, 0.3) is 10.9 Å². The lowest BCUT2D eigenvalue weighted by molar-refractivity contribution is 0.581. The zero-order chi connectivity index (χ0) is 14.2. The summed E-state index contributed by atoms with van der Waals surface area (Å²) in [5, 5.41) is 1.65. The Morgan fingerprint density at radius 1 is 1.26 bits per heavy atom. The van der Waals surface area contributed by atoms with Gasteiger partial charge >= 0.3 is 0 Å². The fourth-order valence-electron chi connectivity index (χ4n) is 1.87. The van der Waals surface area contributed by atoms with E-state index >= 15 is 0 Å². The maximum atomic E-state index is 11.8. The van der Waals surface area contributed by atoms with Crippen LogP contribution >= 0.6 is 23.2 Å². The van der Waals surface area contributed by atoms with Crippen molar-refractivity contribution in [3.05, 3.63) is 34.4 Å². The molecular formula is C13H15Cl2NO2S. The molecule has 0 fully saturated rings. The minimum absolute atomic E-state index is 0.110.